The molecule has 1 aliphatic heterocycles. The summed E-state index contributed by atoms with van der Waals surface area (Å²) in [6, 6.07) is 11.5. The molecule has 0 saturated carbocycles. The van der Waals surface area contributed by atoms with Crippen LogP contribution in [0.3, 0.4) is 0 Å². The van der Waals surface area contributed by atoms with Crippen LogP contribution < -0.4 is 10.7 Å². The standard InChI is InChI=1S/C22H21N3O7/c1-14(21(27)23-12-10-15-5-2-3-6-17(15)23)31-20(26)7-4-11-24-18-9-8-16(25(29)30)13-19(18)32-22(24)28/h2-3,5-6,8-9,13-14H,4,7,10-12H2,1H3/t14-/m1/s1. The molecule has 2 aromatic carbocycles. The number of carbonyl (C=O) groups excluding carboxylic acids is 2. The van der Waals surface area contributed by atoms with Gasteiger partial charge in [-0.15, -0.1) is 0 Å². The SMILES string of the molecule is C[C@@H](OC(=O)CCCn1c(=O)oc2cc([N+](=O)[O-])ccc21)C(=O)N1CCc2ccccc21. The number of nitrogens with zero attached hydrogens (tertiary/aromatic N) is 3. The number of ether oxygens (including phenoxy) is 1. The number of hydrogen-bond acceptors (Lipinski definition) is 7. The first-order valence-electron chi connectivity index (χ1n) is 10.2. The van der Waals surface area contributed by atoms with Gasteiger partial charge in [-0.3, -0.25) is 24.3 Å². The highest BCUT2D eigenvalue weighted by molar-refractivity contribution is 5.99. The van der Waals surface area contributed by atoms with Crippen LogP contribution in [-0.2, 0) is 27.3 Å². The van der Waals surface area contributed by atoms with Crippen LogP contribution in [0.25, 0.3) is 11.1 Å². The van der Waals surface area contributed by atoms with Gasteiger partial charge in [0, 0.05) is 31.3 Å². The predicted octanol–water partition coefficient (Wildman–Crippen LogP) is 2.80. The van der Waals surface area contributed by atoms with Crippen molar-refractivity contribution in [2.45, 2.75) is 38.8 Å². The first kappa shape index (κ1) is 21.3. The summed E-state index contributed by atoms with van der Waals surface area (Å²) in [5.74, 6) is -1.48. The Balaban J connectivity index is 1.33. The van der Waals surface area contributed by atoms with E-state index in [1.165, 1.54) is 22.8 Å². The molecule has 166 valence electrons. The minimum Gasteiger partial charge on any atom is -0.453 e. The number of anilines is 1. The average Bonchev–Trinajstić information content (AvgIpc) is 3.33. The van der Waals surface area contributed by atoms with E-state index in [0.717, 1.165) is 17.7 Å². The van der Waals surface area contributed by atoms with Gasteiger partial charge in [-0.05, 0) is 37.5 Å². The second-order valence-corrected chi connectivity index (χ2v) is 7.53. The Kier molecular flexibility index (Phi) is 5.76. The molecular formula is C22H21N3O7. The zero-order chi connectivity index (χ0) is 22.8. The van der Waals surface area contributed by atoms with Crippen molar-refractivity contribution in [3.8, 4) is 0 Å². The van der Waals surface area contributed by atoms with E-state index in [1.54, 1.807) is 11.8 Å². The van der Waals surface area contributed by atoms with E-state index < -0.39 is 22.8 Å². The molecule has 0 radical (unpaired) electrons. The number of amides is 1. The fourth-order valence-electron chi connectivity index (χ4n) is 3.85. The number of benzene rings is 2. The lowest BCUT2D eigenvalue weighted by Gasteiger charge is -2.21. The van der Waals surface area contributed by atoms with E-state index in [0.29, 0.717) is 12.1 Å². The van der Waals surface area contributed by atoms with Crippen molar-refractivity contribution in [2.24, 2.45) is 0 Å². The van der Waals surface area contributed by atoms with Crippen molar-refractivity contribution in [1.82, 2.24) is 4.57 Å². The number of para-hydroxylation sites is 1. The normalized spacial score (nSPS) is 13.7. The topological polar surface area (TPSA) is 125 Å². The summed E-state index contributed by atoms with van der Waals surface area (Å²) < 4.78 is 11.7. The van der Waals surface area contributed by atoms with Crippen LogP contribution in [-0.4, -0.2) is 34.0 Å². The minimum absolute atomic E-state index is 0.000299. The molecule has 0 unspecified atom stereocenters. The Hall–Kier alpha value is -3.95. The summed E-state index contributed by atoms with van der Waals surface area (Å²) >= 11 is 0. The van der Waals surface area contributed by atoms with E-state index in [4.69, 9.17) is 9.15 Å². The third-order valence-electron chi connectivity index (χ3n) is 5.43. The van der Waals surface area contributed by atoms with Crippen LogP contribution >= 0.6 is 0 Å². The molecule has 0 N–H and O–H groups in total. The highest BCUT2D eigenvalue weighted by Gasteiger charge is 2.29. The van der Waals surface area contributed by atoms with Gasteiger partial charge in [-0.1, -0.05) is 18.2 Å². The van der Waals surface area contributed by atoms with Crippen LogP contribution in [0.2, 0.25) is 0 Å². The fourth-order valence-corrected chi connectivity index (χ4v) is 3.85. The molecule has 0 bridgehead atoms. The molecule has 10 heteroatoms. The van der Waals surface area contributed by atoms with Crippen LogP contribution in [0.4, 0.5) is 11.4 Å². The molecule has 10 nitrogen and oxygen atoms in total. The lowest BCUT2D eigenvalue weighted by atomic mass is 10.2. The van der Waals surface area contributed by atoms with Gasteiger partial charge in [0.15, 0.2) is 11.7 Å². The maximum atomic E-state index is 12.7. The average molecular weight is 439 g/mol. The molecular weight excluding hydrogens is 418 g/mol. The number of oxazole rings is 1. The number of esters is 1. The number of hydrogen-bond donors (Lipinski definition) is 0. The summed E-state index contributed by atoms with van der Waals surface area (Å²) in [5, 5.41) is 10.9. The number of nitro groups is 1. The molecule has 1 aromatic heterocycles. The maximum absolute atomic E-state index is 12.7. The van der Waals surface area contributed by atoms with Crippen molar-refractivity contribution < 1.29 is 23.7 Å². The van der Waals surface area contributed by atoms with Gasteiger partial charge in [0.05, 0.1) is 16.5 Å². The first-order chi connectivity index (χ1) is 15.3. The number of aromatic nitrogens is 1. The van der Waals surface area contributed by atoms with Crippen LogP contribution in [0.1, 0.15) is 25.3 Å². The molecule has 32 heavy (non-hydrogen) atoms. The molecule has 1 atom stereocenters. The van der Waals surface area contributed by atoms with Gasteiger partial charge >= 0.3 is 11.7 Å². The maximum Gasteiger partial charge on any atom is 0.419 e. The molecule has 0 aliphatic carbocycles. The summed E-state index contributed by atoms with van der Waals surface area (Å²) in [5.41, 5.74) is 2.26. The molecule has 1 aliphatic rings. The third kappa shape index (κ3) is 4.11. The smallest absolute Gasteiger partial charge is 0.419 e. The summed E-state index contributed by atoms with van der Waals surface area (Å²) in [7, 11) is 0. The Morgan fingerprint density at radius 3 is 2.81 bits per heavy atom. The van der Waals surface area contributed by atoms with E-state index >= 15 is 0 Å². The summed E-state index contributed by atoms with van der Waals surface area (Å²) in [6.07, 6.45) is 0.115. The number of aryl methyl sites for hydroxylation is 1. The Morgan fingerprint density at radius 1 is 1.25 bits per heavy atom. The van der Waals surface area contributed by atoms with Crippen molar-refractivity contribution in [3.63, 3.8) is 0 Å². The molecule has 0 spiro atoms. The molecule has 3 aromatic rings. The van der Waals surface area contributed by atoms with Crippen molar-refractivity contribution in [3.05, 3.63) is 68.7 Å². The zero-order valence-electron chi connectivity index (χ0n) is 17.4. The van der Waals surface area contributed by atoms with E-state index in [1.807, 2.05) is 24.3 Å². The van der Waals surface area contributed by atoms with Gasteiger partial charge in [-0.2, -0.15) is 0 Å². The minimum atomic E-state index is -0.924. The van der Waals surface area contributed by atoms with E-state index in [-0.39, 0.29) is 36.6 Å². The van der Waals surface area contributed by atoms with E-state index in [2.05, 4.69) is 0 Å². The van der Waals surface area contributed by atoms with Crippen LogP contribution in [0.5, 0.6) is 0 Å². The number of fused-ring (bicyclic) bond motifs is 2. The van der Waals surface area contributed by atoms with Gasteiger partial charge in [-0.25, -0.2) is 4.79 Å². The molecule has 0 saturated heterocycles. The monoisotopic (exact) mass is 439 g/mol. The van der Waals surface area contributed by atoms with Crippen molar-refractivity contribution in [1.29, 1.82) is 0 Å². The number of nitro benzene ring substituents is 1. The molecule has 4 rings (SSSR count). The Labute approximate surface area is 182 Å². The highest BCUT2D eigenvalue weighted by atomic mass is 16.6. The highest BCUT2D eigenvalue weighted by Crippen LogP contribution is 2.28. The van der Waals surface area contributed by atoms with Crippen LogP contribution in [0, 0.1) is 10.1 Å². The summed E-state index contributed by atoms with van der Waals surface area (Å²) in [6.45, 7) is 2.26. The van der Waals surface area contributed by atoms with Gasteiger partial charge in [0.1, 0.15) is 0 Å². The third-order valence-corrected chi connectivity index (χ3v) is 5.43. The molecule has 2 heterocycles. The van der Waals surface area contributed by atoms with Crippen molar-refractivity contribution >= 4 is 34.4 Å². The predicted molar refractivity (Wildman–Crippen MR) is 114 cm³/mol. The van der Waals surface area contributed by atoms with E-state index in [9.17, 15) is 24.5 Å². The van der Waals surface area contributed by atoms with Crippen molar-refractivity contribution in [2.75, 3.05) is 11.4 Å². The lowest BCUT2D eigenvalue weighted by molar-refractivity contribution is -0.384. The second-order valence-electron chi connectivity index (χ2n) is 7.53. The second kappa shape index (κ2) is 8.66. The Morgan fingerprint density at radius 2 is 2.03 bits per heavy atom. The summed E-state index contributed by atoms with van der Waals surface area (Å²) in [4.78, 5) is 48.9. The van der Waals surface area contributed by atoms with Gasteiger partial charge in [0.25, 0.3) is 11.6 Å². The Bertz CT molecular complexity index is 1260. The first-order valence-corrected chi connectivity index (χ1v) is 10.2. The number of non-ortho nitro benzene ring substituents is 1. The van der Waals surface area contributed by atoms with Gasteiger partial charge in [0.2, 0.25) is 0 Å². The largest absolute Gasteiger partial charge is 0.453 e. The van der Waals surface area contributed by atoms with Gasteiger partial charge < -0.3 is 14.1 Å². The van der Waals surface area contributed by atoms with Crippen LogP contribution in [0.15, 0.2) is 51.7 Å². The fraction of sp³-hybridized carbons (Fsp3) is 0.318. The molecule has 0 fully saturated rings. The zero-order valence-corrected chi connectivity index (χ0v) is 17.4. The number of rotatable bonds is 7. The lowest BCUT2D eigenvalue weighted by Crippen LogP contribution is -2.39. The quantitative estimate of drug-likeness (QED) is 0.315. The molecule has 1 amide bonds. The number of carbonyl (C=O) groups is 2.